The van der Waals surface area contributed by atoms with E-state index in [0.29, 0.717) is 13.0 Å². The molecule has 0 radical (unpaired) electrons. The molecule has 0 aromatic carbocycles. The van der Waals surface area contributed by atoms with Gasteiger partial charge in [0, 0.05) is 19.6 Å². The average molecular weight is 303 g/mol. The van der Waals surface area contributed by atoms with Gasteiger partial charge in [0.25, 0.3) is 10.2 Å². The first-order valence-corrected chi connectivity index (χ1v) is 8.88. The quantitative estimate of drug-likeness (QED) is 0.835. The van der Waals surface area contributed by atoms with Gasteiger partial charge >= 0.3 is 0 Å². The Morgan fingerprint density at radius 2 is 1.70 bits per heavy atom. The van der Waals surface area contributed by atoms with Crippen LogP contribution in [-0.2, 0) is 15.0 Å². The zero-order chi connectivity index (χ0) is 14.8. The third-order valence-corrected chi connectivity index (χ3v) is 6.59. The maximum Gasteiger partial charge on any atom is 0.282 e. The normalized spacial score (nSPS) is 26.8. The van der Waals surface area contributed by atoms with Crippen LogP contribution in [0.25, 0.3) is 0 Å². The van der Waals surface area contributed by atoms with E-state index in [2.05, 4.69) is 0 Å². The van der Waals surface area contributed by atoms with E-state index in [1.54, 1.807) is 7.05 Å². The van der Waals surface area contributed by atoms with E-state index < -0.39 is 22.2 Å². The first-order valence-electron chi connectivity index (χ1n) is 7.48. The fraction of sp³-hybridized carbons (Fsp3) is 0.923. The maximum absolute atomic E-state index is 12.7. The summed E-state index contributed by atoms with van der Waals surface area (Å²) in [4.78, 5) is 11.5. The Morgan fingerprint density at radius 1 is 1.10 bits per heavy atom. The Balaban J connectivity index is 2.16. The van der Waals surface area contributed by atoms with Gasteiger partial charge in [0.1, 0.15) is 6.04 Å². The molecular weight excluding hydrogens is 278 g/mol. The van der Waals surface area contributed by atoms with Crippen molar-refractivity contribution in [3.05, 3.63) is 0 Å². The van der Waals surface area contributed by atoms with Crippen molar-refractivity contribution in [1.29, 1.82) is 0 Å². The van der Waals surface area contributed by atoms with Crippen molar-refractivity contribution in [1.82, 2.24) is 8.61 Å². The predicted molar refractivity (Wildman–Crippen MR) is 77.1 cm³/mol. The van der Waals surface area contributed by atoms with Crippen LogP contribution in [0.5, 0.6) is 0 Å². The molecule has 1 aliphatic carbocycles. The number of carbonyl (C=O) groups is 1. The molecule has 7 heteroatoms. The monoisotopic (exact) mass is 303 g/mol. The Bertz CT molecular complexity index is 446. The molecule has 0 aromatic heterocycles. The lowest BCUT2D eigenvalue weighted by molar-refractivity contribution is -0.122. The Hall–Kier alpha value is -0.660. The third kappa shape index (κ3) is 3.15. The molecule has 2 N–H and O–H groups in total. The maximum atomic E-state index is 12.7. The lowest BCUT2D eigenvalue weighted by atomic mass is 9.96. The number of hydrogen-bond donors (Lipinski definition) is 1. The summed E-state index contributed by atoms with van der Waals surface area (Å²) < 4.78 is 28.3. The molecule has 1 atom stereocenters. The number of carbonyl (C=O) groups excluding carboxylic acids is 1. The zero-order valence-corrected chi connectivity index (χ0v) is 12.9. The molecule has 0 unspecified atom stereocenters. The van der Waals surface area contributed by atoms with Crippen molar-refractivity contribution in [2.45, 2.75) is 63.5 Å². The van der Waals surface area contributed by atoms with Gasteiger partial charge in [0.2, 0.25) is 5.91 Å². The van der Waals surface area contributed by atoms with Crippen molar-refractivity contribution in [3.63, 3.8) is 0 Å². The Labute approximate surface area is 121 Å². The van der Waals surface area contributed by atoms with Gasteiger partial charge in [-0.1, -0.05) is 25.7 Å². The summed E-state index contributed by atoms with van der Waals surface area (Å²) in [7, 11) is -1.95. The summed E-state index contributed by atoms with van der Waals surface area (Å²) in [5, 5.41) is 0. The van der Waals surface area contributed by atoms with Crippen LogP contribution < -0.4 is 5.73 Å². The smallest absolute Gasteiger partial charge is 0.282 e. The van der Waals surface area contributed by atoms with E-state index in [-0.39, 0.29) is 6.04 Å². The average Bonchev–Trinajstić information content (AvgIpc) is 2.47. The van der Waals surface area contributed by atoms with Gasteiger partial charge in [-0.05, 0) is 25.7 Å². The molecule has 0 bridgehead atoms. The van der Waals surface area contributed by atoms with Gasteiger partial charge in [0.15, 0.2) is 0 Å². The summed E-state index contributed by atoms with van der Waals surface area (Å²) in [5.74, 6) is -0.537. The molecule has 1 amide bonds. The van der Waals surface area contributed by atoms with Gasteiger partial charge in [0.05, 0.1) is 0 Å². The zero-order valence-electron chi connectivity index (χ0n) is 12.1. The summed E-state index contributed by atoms with van der Waals surface area (Å²) in [6.07, 6.45) is 7.32. The number of primary amides is 1. The van der Waals surface area contributed by atoms with Crippen LogP contribution in [0, 0.1) is 0 Å². The second-order valence-corrected chi connectivity index (χ2v) is 7.78. The number of hydrogen-bond acceptors (Lipinski definition) is 3. The van der Waals surface area contributed by atoms with Crippen LogP contribution in [0.15, 0.2) is 0 Å². The summed E-state index contributed by atoms with van der Waals surface area (Å²) in [6.45, 7) is 0.396. The van der Waals surface area contributed by atoms with E-state index in [1.165, 1.54) is 15.0 Å². The molecule has 0 aromatic rings. The van der Waals surface area contributed by atoms with Crippen molar-refractivity contribution in [3.8, 4) is 0 Å². The fourth-order valence-electron chi connectivity index (χ4n) is 3.26. The van der Waals surface area contributed by atoms with E-state index in [1.807, 2.05) is 0 Å². The number of nitrogens with two attached hydrogens (primary N) is 1. The lowest BCUT2D eigenvalue weighted by Crippen LogP contribution is -2.56. The van der Waals surface area contributed by atoms with Gasteiger partial charge in [-0.25, -0.2) is 0 Å². The summed E-state index contributed by atoms with van der Waals surface area (Å²) in [6, 6.07) is -0.621. The highest BCUT2D eigenvalue weighted by Gasteiger charge is 2.40. The van der Waals surface area contributed by atoms with E-state index in [4.69, 9.17) is 5.73 Å². The number of amides is 1. The molecule has 1 saturated carbocycles. The van der Waals surface area contributed by atoms with Gasteiger partial charge < -0.3 is 5.73 Å². The minimum atomic E-state index is -3.59. The number of piperidine rings is 1. The minimum Gasteiger partial charge on any atom is -0.368 e. The van der Waals surface area contributed by atoms with Crippen LogP contribution in [0.2, 0.25) is 0 Å². The summed E-state index contributed by atoms with van der Waals surface area (Å²) in [5.41, 5.74) is 5.37. The van der Waals surface area contributed by atoms with Crippen molar-refractivity contribution >= 4 is 16.1 Å². The molecule has 1 heterocycles. The topological polar surface area (TPSA) is 83.7 Å². The van der Waals surface area contributed by atoms with E-state index in [0.717, 1.165) is 38.5 Å². The van der Waals surface area contributed by atoms with Crippen LogP contribution in [-0.4, -0.2) is 48.6 Å². The Kier molecular flexibility index (Phi) is 5.04. The largest absolute Gasteiger partial charge is 0.368 e. The highest BCUT2D eigenvalue weighted by molar-refractivity contribution is 7.86. The molecule has 2 fully saturated rings. The van der Waals surface area contributed by atoms with Crippen LogP contribution in [0.4, 0.5) is 0 Å². The van der Waals surface area contributed by atoms with Crippen molar-refractivity contribution < 1.29 is 13.2 Å². The molecular formula is C13H25N3O3S. The molecule has 6 nitrogen and oxygen atoms in total. The van der Waals surface area contributed by atoms with Crippen LogP contribution >= 0.6 is 0 Å². The van der Waals surface area contributed by atoms with E-state index in [9.17, 15) is 13.2 Å². The second-order valence-electron chi connectivity index (χ2n) is 5.84. The molecule has 1 saturated heterocycles. The lowest BCUT2D eigenvalue weighted by Gasteiger charge is -2.38. The van der Waals surface area contributed by atoms with E-state index >= 15 is 0 Å². The third-order valence-electron chi connectivity index (χ3n) is 4.53. The van der Waals surface area contributed by atoms with Crippen LogP contribution in [0.3, 0.4) is 0 Å². The van der Waals surface area contributed by atoms with Gasteiger partial charge in [-0.3, -0.25) is 4.79 Å². The minimum absolute atomic E-state index is 0.0594. The highest BCUT2D eigenvalue weighted by Crippen LogP contribution is 2.28. The second kappa shape index (κ2) is 6.41. The molecule has 1 aliphatic heterocycles. The number of rotatable bonds is 4. The predicted octanol–water partition coefficient (Wildman–Crippen LogP) is 0.836. The molecule has 2 rings (SSSR count). The highest BCUT2D eigenvalue weighted by atomic mass is 32.2. The molecule has 0 spiro atoms. The first-order chi connectivity index (χ1) is 9.44. The molecule has 20 heavy (non-hydrogen) atoms. The SMILES string of the molecule is CN(C1CCCCC1)S(=O)(=O)N1CCCC[C@H]1C(N)=O. The standard InChI is InChI=1S/C13H25N3O3S/c1-15(11-7-3-2-4-8-11)20(18,19)16-10-6-5-9-12(16)13(14)17/h11-12H,2-10H2,1H3,(H2,14,17)/t12-/m0/s1. The molecule has 2 aliphatic rings. The van der Waals surface area contributed by atoms with Gasteiger partial charge in [-0.2, -0.15) is 17.0 Å². The van der Waals surface area contributed by atoms with Gasteiger partial charge in [-0.15, -0.1) is 0 Å². The van der Waals surface area contributed by atoms with Crippen molar-refractivity contribution in [2.24, 2.45) is 5.73 Å². The fourth-order valence-corrected chi connectivity index (χ4v) is 5.07. The summed E-state index contributed by atoms with van der Waals surface area (Å²) >= 11 is 0. The first kappa shape index (κ1) is 15.7. The van der Waals surface area contributed by atoms with Crippen LogP contribution in [0.1, 0.15) is 51.4 Å². The molecule has 116 valence electrons. The number of nitrogens with zero attached hydrogens (tertiary/aromatic N) is 2. The van der Waals surface area contributed by atoms with Crippen molar-refractivity contribution in [2.75, 3.05) is 13.6 Å². The Morgan fingerprint density at radius 3 is 2.30 bits per heavy atom.